The Labute approximate surface area is 183 Å². The number of carbonyl (C=O) groups excluding carboxylic acids is 1. The van der Waals surface area contributed by atoms with Crippen LogP contribution in [0.3, 0.4) is 0 Å². The van der Waals surface area contributed by atoms with Crippen molar-refractivity contribution in [3.63, 3.8) is 0 Å². The molecule has 0 aliphatic heterocycles. The summed E-state index contributed by atoms with van der Waals surface area (Å²) in [7, 11) is 2.00. The van der Waals surface area contributed by atoms with Crippen LogP contribution in [0.1, 0.15) is 61.9 Å². The monoisotopic (exact) mass is 434 g/mol. The van der Waals surface area contributed by atoms with Gasteiger partial charge < -0.3 is 10.2 Å². The average Bonchev–Trinajstić information content (AvgIpc) is 2.72. The van der Waals surface area contributed by atoms with Gasteiger partial charge in [-0.2, -0.15) is 0 Å². The smallest absolute Gasteiger partial charge is 0.251 e. The number of thioether (sulfide) groups is 1. The van der Waals surface area contributed by atoms with E-state index in [4.69, 9.17) is 11.6 Å². The quantitative estimate of drug-likeness (QED) is 0.204. The van der Waals surface area contributed by atoms with Crippen LogP contribution in [0.4, 0.5) is 5.82 Å². The summed E-state index contributed by atoms with van der Waals surface area (Å²) in [6, 6.07) is 9.50. The van der Waals surface area contributed by atoms with Gasteiger partial charge in [0.2, 0.25) is 0 Å². The molecular formula is C22H31ClN4OS. The number of hydrogen-bond acceptors (Lipinski definition) is 5. The van der Waals surface area contributed by atoms with E-state index in [1.807, 2.05) is 31.3 Å². The molecule has 0 saturated heterocycles. The van der Waals surface area contributed by atoms with Crippen LogP contribution >= 0.6 is 23.4 Å². The molecule has 0 saturated carbocycles. The van der Waals surface area contributed by atoms with Crippen LogP contribution in [0.5, 0.6) is 0 Å². The molecule has 2 aromatic rings. The van der Waals surface area contributed by atoms with Crippen LogP contribution < -0.4 is 10.2 Å². The molecule has 2 rings (SSSR count). The fourth-order valence-corrected chi connectivity index (χ4v) is 3.93. The summed E-state index contributed by atoms with van der Waals surface area (Å²) < 4.78 is 0. The van der Waals surface area contributed by atoms with Crippen LogP contribution in [-0.4, -0.2) is 36.0 Å². The predicted molar refractivity (Wildman–Crippen MR) is 123 cm³/mol. The Morgan fingerprint density at radius 1 is 1.14 bits per heavy atom. The second kappa shape index (κ2) is 12.7. The number of nitrogens with zero attached hydrogens (tertiary/aromatic N) is 3. The maximum Gasteiger partial charge on any atom is 0.251 e. The first-order valence-electron chi connectivity index (χ1n) is 10.3. The molecule has 0 aliphatic carbocycles. The Hall–Kier alpha value is -1.79. The predicted octanol–water partition coefficient (Wildman–Crippen LogP) is 5.58. The van der Waals surface area contributed by atoms with Crippen LogP contribution in [-0.2, 0) is 5.75 Å². The summed E-state index contributed by atoms with van der Waals surface area (Å²) in [5.74, 6) is 1.48. The van der Waals surface area contributed by atoms with E-state index in [1.165, 1.54) is 24.6 Å². The van der Waals surface area contributed by atoms with Gasteiger partial charge in [0.25, 0.3) is 5.91 Å². The fourth-order valence-electron chi connectivity index (χ4n) is 2.90. The molecule has 1 heterocycles. The highest BCUT2D eigenvalue weighted by molar-refractivity contribution is 7.98. The number of anilines is 1. The van der Waals surface area contributed by atoms with Crippen molar-refractivity contribution in [2.24, 2.45) is 0 Å². The molecule has 29 heavy (non-hydrogen) atoms. The van der Waals surface area contributed by atoms with Gasteiger partial charge in [0.15, 0.2) is 5.16 Å². The normalized spacial score (nSPS) is 10.8. The van der Waals surface area contributed by atoms with Crippen LogP contribution in [0, 0.1) is 0 Å². The maximum absolute atomic E-state index is 12.4. The van der Waals surface area contributed by atoms with Crippen LogP contribution in [0.25, 0.3) is 0 Å². The lowest BCUT2D eigenvalue weighted by atomic mass is 10.1. The highest BCUT2D eigenvalue weighted by Crippen LogP contribution is 2.24. The standard InChI is InChI=1S/C22H31ClN4OS/c1-4-6-7-8-12-24-21(28)18-11-9-10-17(14-18)16-29-22-25-19(23)15-20(26-22)27(3)13-5-2/h9-11,14-15H,4-8,12-13,16H2,1-3H3,(H,24,28). The van der Waals surface area contributed by atoms with E-state index >= 15 is 0 Å². The van der Waals surface area contributed by atoms with E-state index in [1.54, 1.807) is 6.07 Å². The fraction of sp³-hybridized carbons (Fsp3) is 0.500. The van der Waals surface area contributed by atoms with Crippen LogP contribution in [0.2, 0.25) is 5.15 Å². The molecule has 1 aromatic carbocycles. The lowest BCUT2D eigenvalue weighted by Crippen LogP contribution is -2.24. The summed E-state index contributed by atoms with van der Waals surface area (Å²) >= 11 is 7.70. The van der Waals surface area contributed by atoms with Gasteiger partial charge in [0.05, 0.1) is 0 Å². The number of unbranched alkanes of at least 4 members (excludes halogenated alkanes) is 3. The molecule has 1 amide bonds. The molecule has 7 heteroatoms. The Kier molecular flexibility index (Phi) is 10.3. The highest BCUT2D eigenvalue weighted by Gasteiger charge is 2.10. The Balaban J connectivity index is 1.94. The SMILES string of the molecule is CCCCCCNC(=O)c1cccc(CSc2nc(Cl)cc(N(C)CCC)n2)c1. The Bertz CT molecular complexity index is 787. The molecule has 0 spiro atoms. The zero-order valence-corrected chi connectivity index (χ0v) is 19.2. The molecule has 0 fully saturated rings. The van der Waals surface area contributed by atoms with Crippen LogP contribution in [0.15, 0.2) is 35.5 Å². The number of hydrogen-bond donors (Lipinski definition) is 1. The molecule has 0 unspecified atom stereocenters. The van der Waals surface area contributed by atoms with Gasteiger partial charge in [-0.05, 0) is 30.5 Å². The minimum Gasteiger partial charge on any atom is -0.360 e. The highest BCUT2D eigenvalue weighted by atomic mass is 35.5. The first kappa shape index (κ1) is 23.5. The Morgan fingerprint density at radius 2 is 1.97 bits per heavy atom. The van der Waals surface area contributed by atoms with E-state index in [0.717, 1.165) is 43.7 Å². The third-order valence-corrected chi connectivity index (χ3v) is 5.60. The third-order valence-electron chi connectivity index (χ3n) is 4.48. The number of nitrogens with one attached hydrogen (secondary N) is 1. The lowest BCUT2D eigenvalue weighted by molar-refractivity contribution is 0.0953. The van der Waals surface area contributed by atoms with Crippen molar-refractivity contribution >= 4 is 35.1 Å². The summed E-state index contributed by atoms with van der Waals surface area (Å²) in [5.41, 5.74) is 1.75. The van der Waals surface area contributed by atoms with Gasteiger partial charge >= 0.3 is 0 Å². The summed E-state index contributed by atoms with van der Waals surface area (Å²) in [6.45, 7) is 5.94. The largest absolute Gasteiger partial charge is 0.360 e. The maximum atomic E-state index is 12.4. The van der Waals surface area contributed by atoms with Gasteiger partial charge in [0.1, 0.15) is 11.0 Å². The van der Waals surface area contributed by atoms with Crippen molar-refractivity contribution in [1.29, 1.82) is 0 Å². The molecular weight excluding hydrogens is 404 g/mol. The first-order valence-corrected chi connectivity index (χ1v) is 11.7. The minimum absolute atomic E-state index is 0.0177. The number of carbonyl (C=O) groups is 1. The van der Waals surface area contributed by atoms with Crippen molar-refractivity contribution in [2.45, 2.75) is 56.9 Å². The second-order valence-electron chi connectivity index (χ2n) is 7.06. The van der Waals surface area contributed by atoms with E-state index in [0.29, 0.717) is 21.6 Å². The number of aromatic nitrogens is 2. The molecule has 1 aromatic heterocycles. The minimum atomic E-state index is -0.0177. The van der Waals surface area contributed by atoms with Gasteiger partial charge in [-0.3, -0.25) is 4.79 Å². The van der Waals surface area contributed by atoms with Crippen molar-refractivity contribution in [2.75, 3.05) is 25.0 Å². The Morgan fingerprint density at radius 3 is 2.72 bits per heavy atom. The topological polar surface area (TPSA) is 58.1 Å². The van der Waals surface area contributed by atoms with E-state index < -0.39 is 0 Å². The van der Waals surface area contributed by atoms with Gasteiger partial charge in [-0.1, -0.05) is 68.6 Å². The van der Waals surface area contributed by atoms with Crippen molar-refractivity contribution in [3.8, 4) is 0 Å². The summed E-state index contributed by atoms with van der Waals surface area (Å²) in [4.78, 5) is 23.4. The summed E-state index contributed by atoms with van der Waals surface area (Å²) in [6.07, 6.45) is 5.62. The summed E-state index contributed by atoms with van der Waals surface area (Å²) in [5, 5.41) is 4.09. The third kappa shape index (κ3) is 8.23. The molecule has 5 nitrogen and oxygen atoms in total. The van der Waals surface area contributed by atoms with E-state index in [9.17, 15) is 4.79 Å². The lowest BCUT2D eigenvalue weighted by Gasteiger charge is -2.17. The molecule has 0 bridgehead atoms. The zero-order valence-electron chi connectivity index (χ0n) is 17.6. The molecule has 1 N–H and O–H groups in total. The number of halogens is 1. The van der Waals surface area contributed by atoms with Crippen molar-refractivity contribution in [3.05, 3.63) is 46.6 Å². The van der Waals surface area contributed by atoms with Crippen molar-refractivity contribution < 1.29 is 4.79 Å². The van der Waals surface area contributed by atoms with E-state index in [-0.39, 0.29) is 5.91 Å². The van der Waals surface area contributed by atoms with Gasteiger partial charge in [0, 0.05) is 37.5 Å². The van der Waals surface area contributed by atoms with Crippen molar-refractivity contribution in [1.82, 2.24) is 15.3 Å². The second-order valence-corrected chi connectivity index (χ2v) is 8.39. The first-order chi connectivity index (χ1) is 14.0. The number of benzene rings is 1. The molecule has 0 atom stereocenters. The zero-order chi connectivity index (χ0) is 21.1. The van der Waals surface area contributed by atoms with Gasteiger partial charge in [-0.15, -0.1) is 0 Å². The molecule has 158 valence electrons. The number of amides is 1. The molecule has 0 aliphatic rings. The number of rotatable bonds is 12. The van der Waals surface area contributed by atoms with E-state index in [2.05, 4.69) is 34.0 Å². The average molecular weight is 435 g/mol. The molecule has 0 radical (unpaired) electrons. The van der Waals surface area contributed by atoms with Gasteiger partial charge in [-0.25, -0.2) is 9.97 Å².